The lowest BCUT2D eigenvalue weighted by Crippen LogP contribution is -2.47. The number of hydrogen-bond donors (Lipinski definition) is 6. The average molecular weight is 1510 g/mol. The van der Waals surface area contributed by atoms with Gasteiger partial charge in [-0.1, -0.05) is 113 Å². The van der Waals surface area contributed by atoms with Crippen molar-refractivity contribution in [3.8, 4) is 28.7 Å². The number of hydrogen-bond acceptors (Lipinski definition) is 23. The smallest absolute Gasteiger partial charge is 0.497 e. The van der Waals surface area contributed by atoms with Gasteiger partial charge in [-0.2, -0.15) is 25.4 Å². The maximum Gasteiger partial charge on any atom is 0.514 e. The van der Waals surface area contributed by atoms with Crippen LogP contribution in [-0.4, -0.2) is 175 Å². The Bertz CT molecular complexity index is 3920. The number of carbonyl (C=O) groups is 1. The van der Waals surface area contributed by atoms with Gasteiger partial charge in [0.1, 0.15) is 48.1 Å². The molecule has 0 spiro atoms. The molecule has 7 aromatic carbocycles. The molecular weight excluding hydrogens is 1420 g/mol. The van der Waals surface area contributed by atoms with E-state index >= 15 is 0 Å². The Labute approximate surface area is 603 Å². The molecular formula is C71H93N5O23S4. The topological polar surface area (TPSA) is 410 Å². The molecule has 2 aliphatic rings. The van der Waals surface area contributed by atoms with Crippen LogP contribution in [-0.2, 0) is 80.5 Å². The van der Waals surface area contributed by atoms with Crippen LogP contribution in [0.15, 0.2) is 192 Å². The molecule has 0 saturated carbocycles. The lowest BCUT2D eigenvalue weighted by molar-refractivity contribution is -0.384. The van der Waals surface area contributed by atoms with Crippen LogP contribution >= 0.6 is 0 Å². The normalized spacial score (nSPS) is 16.1. The fourth-order valence-electron chi connectivity index (χ4n) is 10.0. The molecule has 7 aromatic rings. The molecule has 28 nitrogen and oxygen atoms in total. The van der Waals surface area contributed by atoms with E-state index in [4.69, 9.17) is 58.5 Å². The van der Waals surface area contributed by atoms with E-state index in [1.807, 2.05) is 137 Å². The first kappa shape index (κ1) is 85.5. The zero-order valence-corrected chi connectivity index (χ0v) is 61.7. The van der Waals surface area contributed by atoms with Gasteiger partial charge in [0, 0.05) is 50.4 Å². The molecule has 0 radical (unpaired) electrons. The Kier molecular flexibility index (Phi) is 34.3. The number of non-ortho nitro benzene ring substituents is 1. The summed E-state index contributed by atoms with van der Waals surface area (Å²) < 4.78 is 150. The van der Waals surface area contributed by atoms with Crippen LogP contribution in [0.2, 0.25) is 0 Å². The second-order valence-electron chi connectivity index (χ2n) is 24.7. The monoisotopic (exact) mass is 1510 g/mol. The number of aliphatic hydroxyl groups is 2. The molecule has 103 heavy (non-hydrogen) atoms. The third kappa shape index (κ3) is 31.4. The van der Waals surface area contributed by atoms with Crippen molar-refractivity contribution >= 4 is 52.1 Å². The molecule has 0 aliphatic carbocycles. The van der Waals surface area contributed by atoms with Crippen molar-refractivity contribution in [1.82, 2.24) is 8.61 Å². The molecule has 2 aliphatic heterocycles. The standard InChI is InChI=1S/2C28H36N2O5S.C13H13NO7.2CH4O3S/c2*1-21(2)18-30(36(32,33)26-15-13-24(34-3)14-16-26)19-28(31)27(29)17-22-9-11-25(12-10-22)35-20-23-7-5-4-6-8-23;15-13(20-9-3-1-8(2-4-9)14(16)17)21-11-7-19-12-10(11)5-6-18-12;2*1-5(2,3)4/h2*4-16,21,27-28,31H,17-20,29H2,1-3H3;1-4,10-12H,5-7H2;2*1H3,(H,2,3,4)/t2*27?,28-;10-,11?,12+;;/m110../s1. The van der Waals surface area contributed by atoms with Crippen molar-refractivity contribution in [3.05, 3.63) is 214 Å². The van der Waals surface area contributed by atoms with Crippen LogP contribution in [0.1, 0.15) is 56.4 Å². The quantitative estimate of drug-likeness (QED) is 0.00840. The minimum absolute atomic E-state index is 0.0365. The number of aliphatic hydroxyl groups excluding tert-OH is 2. The molecule has 8 N–H and O–H groups in total. The fraction of sp³-hybridized carbons (Fsp3) is 0.394. The predicted molar refractivity (Wildman–Crippen MR) is 386 cm³/mol. The number of nitrogens with two attached hydrogens (primary N) is 2. The van der Waals surface area contributed by atoms with Crippen LogP contribution in [0.25, 0.3) is 0 Å². The minimum atomic E-state index is -3.81. The molecule has 2 saturated heterocycles. The largest absolute Gasteiger partial charge is 0.514 e. The van der Waals surface area contributed by atoms with Gasteiger partial charge < -0.3 is 59.6 Å². The van der Waals surface area contributed by atoms with E-state index < -0.39 is 75.7 Å². The van der Waals surface area contributed by atoms with Crippen molar-refractivity contribution in [3.63, 3.8) is 0 Å². The summed E-state index contributed by atoms with van der Waals surface area (Å²) in [6, 6.07) is 51.3. The fourth-order valence-corrected chi connectivity index (χ4v) is 13.2. The van der Waals surface area contributed by atoms with Crippen molar-refractivity contribution in [2.45, 2.75) is 107 Å². The molecule has 0 bridgehead atoms. The van der Waals surface area contributed by atoms with E-state index in [0.717, 1.165) is 40.2 Å². The van der Waals surface area contributed by atoms with E-state index in [1.54, 1.807) is 24.3 Å². The third-order valence-corrected chi connectivity index (χ3v) is 18.8. The summed E-state index contributed by atoms with van der Waals surface area (Å²) in [5, 5.41) is 32.2. The number of carbonyl (C=O) groups excluding carboxylic acids is 1. The molecule has 3 unspecified atom stereocenters. The van der Waals surface area contributed by atoms with Gasteiger partial charge in [0.15, 0.2) is 6.29 Å². The Morgan fingerprint density at radius 3 is 1.24 bits per heavy atom. The molecule has 0 amide bonds. The number of nitro benzene ring substituents is 1. The maximum absolute atomic E-state index is 13.3. The van der Waals surface area contributed by atoms with Gasteiger partial charge >= 0.3 is 6.16 Å². The zero-order valence-electron chi connectivity index (χ0n) is 58.5. The Hall–Kier alpha value is -8.19. The number of nitro groups is 1. The van der Waals surface area contributed by atoms with E-state index in [-0.39, 0.29) is 84.2 Å². The number of nitrogens with zero attached hydrogens (tertiary/aromatic N) is 3. The van der Waals surface area contributed by atoms with Crippen LogP contribution in [0.4, 0.5) is 10.5 Å². The van der Waals surface area contributed by atoms with E-state index in [2.05, 4.69) is 0 Å². The molecule has 0 aromatic heterocycles. The summed E-state index contributed by atoms with van der Waals surface area (Å²) in [6.07, 6.45) is -0.608. The van der Waals surface area contributed by atoms with Gasteiger partial charge in [0.05, 0.1) is 72.8 Å². The first-order valence-corrected chi connectivity index (χ1v) is 39.0. The van der Waals surface area contributed by atoms with Crippen molar-refractivity contribution < 1.29 is 101 Å². The molecule has 7 atom stereocenters. The lowest BCUT2D eigenvalue weighted by atomic mass is 10.0. The number of methoxy groups -OCH3 is 2. The van der Waals surface area contributed by atoms with E-state index in [1.165, 1.54) is 71.4 Å². The van der Waals surface area contributed by atoms with Crippen molar-refractivity contribution in [2.24, 2.45) is 29.2 Å². The van der Waals surface area contributed by atoms with Gasteiger partial charge in [0.25, 0.3) is 25.9 Å². The van der Waals surface area contributed by atoms with Gasteiger partial charge in [0.2, 0.25) is 20.0 Å². The van der Waals surface area contributed by atoms with Crippen molar-refractivity contribution in [1.29, 1.82) is 0 Å². The molecule has 564 valence electrons. The summed E-state index contributed by atoms with van der Waals surface area (Å²) in [5.41, 5.74) is 16.6. The number of sulfonamides is 2. The highest BCUT2D eigenvalue weighted by molar-refractivity contribution is 7.89. The second-order valence-corrected chi connectivity index (χ2v) is 31.5. The average Bonchev–Trinajstić information content (AvgIpc) is 1.71. The highest BCUT2D eigenvalue weighted by Crippen LogP contribution is 2.34. The predicted octanol–water partition coefficient (Wildman–Crippen LogP) is 8.58. The number of fused-ring (bicyclic) bond motifs is 1. The highest BCUT2D eigenvalue weighted by Gasteiger charge is 2.44. The van der Waals surface area contributed by atoms with Gasteiger partial charge in [-0.25, -0.2) is 21.6 Å². The van der Waals surface area contributed by atoms with Gasteiger partial charge in [-0.15, -0.1) is 0 Å². The van der Waals surface area contributed by atoms with Crippen LogP contribution in [0.5, 0.6) is 28.7 Å². The summed E-state index contributed by atoms with van der Waals surface area (Å²) in [7, 11) is -11.9. The maximum atomic E-state index is 13.3. The van der Waals surface area contributed by atoms with Crippen molar-refractivity contribution in [2.75, 3.05) is 66.1 Å². The minimum Gasteiger partial charge on any atom is -0.497 e. The van der Waals surface area contributed by atoms with Crippen LogP contribution < -0.4 is 35.2 Å². The Balaban J connectivity index is 0.000000267. The Morgan fingerprint density at radius 1 is 0.534 bits per heavy atom. The second kappa shape index (κ2) is 41.3. The van der Waals surface area contributed by atoms with Gasteiger partial charge in [-0.05, 0) is 138 Å². The number of ether oxygens (including phenoxy) is 8. The molecule has 32 heteroatoms. The van der Waals surface area contributed by atoms with Gasteiger partial charge in [-0.3, -0.25) is 19.2 Å². The highest BCUT2D eigenvalue weighted by atomic mass is 32.2. The molecule has 2 fully saturated rings. The molecule has 2 heterocycles. The molecule has 9 rings (SSSR count). The summed E-state index contributed by atoms with van der Waals surface area (Å²) in [5.74, 6) is 2.99. The summed E-state index contributed by atoms with van der Waals surface area (Å²) >= 11 is 0. The summed E-state index contributed by atoms with van der Waals surface area (Å²) in [4.78, 5) is 22.0. The SMILES string of the molecule is COc1ccc(S(=O)(=O)N(CC(C)C)C[C@@H](O)C(N)Cc2ccc(OCc3ccccc3)cc2)cc1.COc1ccc(S(=O)(=O)N(CC(C)C)C[C@@H](O)C(N)Cc2ccc(OCc3ccccc3)cc2)cc1.CS(=O)(=O)O.CS(=O)(=O)O.O=C(Oc1ccc([N+](=O)[O-])cc1)OC1CO[C@H]2OCC[C@@H]12. The summed E-state index contributed by atoms with van der Waals surface area (Å²) in [6.45, 7) is 9.93. The van der Waals surface area contributed by atoms with Crippen LogP contribution in [0, 0.1) is 27.9 Å². The first-order chi connectivity index (χ1) is 48.5. The Morgan fingerprint density at radius 2 is 0.893 bits per heavy atom. The lowest BCUT2D eigenvalue weighted by Gasteiger charge is -2.28. The van der Waals surface area contributed by atoms with Crippen LogP contribution in [0.3, 0.4) is 0 Å². The third-order valence-electron chi connectivity index (χ3n) is 15.1. The van der Waals surface area contributed by atoms with E-state index in [9.17, 15) is 58.8 Å². The zero-order chi connectivity index (χ0) is 76.1. The van der Waals surface area contributed by atoms with E-state index in [0.29, 0.717) is 56.7 Å². The number of benzene rings is 7. The first-order valence-electron chi connectivity index (χ1n) is 32.4. The number of rotatable bonds is 29.